The van der Waals surface area contributed by atoms with Crippen LogP contribution in [-0.4, -0.2) is 23.5 Å². The lowest BCUT2D eigenvalue weighted by molar-refractivity contribution is -0.134. The van der Waals surface area contributed by atoms with E-state index in [1.54, 1.807) is 43.3 Å². The monoisotopic (exact) mass is 284 g/mol. The maximum absolute atomic E-state index is 12.2. The Morgan fingerprint density at radius 2 is 1.81 bits per heavy atom. The van der Waals surface area contributed by atoms with Gasteiger partial charge in [0.25, 0.3) is 0 Å². The third kappa shape index (κ3) is 3.60. The fourth-order valence-corrected chi connectivity index (χ4v) is 1.94. The highest BCUT2D eigenvalue weighted by Crippen LogP contribution is 2.17. The Morgan fingerprint density at radius 3 is 2.43 bits per heavy atom. The Kier molecular flexibility index (Phi) is 4.56. The molecule has 5 heteroatoms. The summed E-state index contributed by atoms with van der Waals surface area (Å²) in [7, 11) is 0. The van der Waals surface area contributed by atoms with E-state index in [-0.39, 0.29) is 5.75 Å². The van der Waals surface area contributed by atoms with Gasteiger partial charge in [0.05, 0.1) is 0 Å². The van der Waals surface area contributed by atoms with Gasteiger partial charge in [-0.05, 0) is 31.2 Å². The zero-order valence-corrected chi connectivity index (χ0v) is 11.6. The number of phenols is 1. The predicted octanol–water partition coefficient (Wildman–Crippen LogP) is 2.38. The number of hydrogen-bond acceptors (Lipinski definition) is 3. The summed E-state index contributed by atoms with van der Waals surface area (Å²) in [6.45, 7) is 2.18. The number of hydrogen-bond donors (Lipinski definition) is 2. The van der Waals surface area contributed by atoms with Crippen molar-refractivity contribution in [3.8, 4) is 5.75 Å². The lowest BCUT2D eigenvalue weighted by atomic mass is 10.2. The molecule has 0 heterocycles. The molecule has 2 aromatic rings. The van der Waals surface area contributed by atoms with Crippen LogP contribution in [0.25, 0.3) is 0 Å². The summed E-state index contributed by atoms with van der Waals surface area (Å²) >= 11 is 0. The van der Waals surface area contributed by atoms with E-state index in [0.29, 0.717) is 17.9 Å². The highest BCUT2D eigenvalue weighted by Gasteiger charge is 2.21. The molecular weight excluding hydrogens is 268 g/mol. The topological polar surface area (TPSA) is 69.6 Å². The van der Waals surface area contributed by atoms with Crippen molar-refractivity contribution in [2.45, 2.75) is 6.92 Å². The van der Waals surface area contributed by atoms with Gasteiger partial charge in [0, 0.05) is 24.0 Å². The number of nitrogens with one attached hydrogen (secondary N) is 1. The van der Waals surface area contributed by atoms with Gasteiger partial charge in [0.1, 0.15) is 5.75 Å². The fraction of sp³-hybridized carbons (Fsp3) is 0.125. The largest absolute Gasteiger partial charge is 0.508 e. The molecule has 2 aromatic carbocycles. The first-order valence-corrected chi connectivity index (χ1v) is 6.58. The summed E-state index contributed by atoms with van der Waals surface area (Å²) in [5.41, 5.74) is 1.04. The van der Waals surface area contributed by atoms with Gasteiger partial charge >= 0.3 is 11.8 Å². The van der Waals surface area contributed by atoms with Gasteiger partial charge in [-0.3, -0.25) is 9.59 Å². The predicted molar refractivity (Wildman–Crippen MR) is 81.2 cm³/mol. The third-order valence-electron chi connectivity index (χ3n) is 2.93. The molecule has 0 bridgehead atoms. The van der Waals surface area contributed by atoms with Crippen molar-refractivity contribution in [3.05, 3.63) is 54.6 Å². The van der Waals surface area contributed by atoms with Gasteiger partial charge in [0.2, 0.25) is 0 Å². The fourth-order valence-electron chi connectivity index (χ4n) is 1.94. The molecule has 0 saturated heterocycles. The van der Waals surface area contributed by atoms with Crippen molar-refractivity contribution >= 4 is 23.2 Å². The summed E-state index contributed by atoms with van der Waals surface area (Å²) in [4.78, 5) is 25.6. The van der Waals surface area contributed by atoms with Crippen molar-refractivity contribution in [1.29, 1.82) is 0 Å². The van der Waals surface area contributed by atoms with Crippen LogP contribution in [0, 0.1) is 0 Å². The summed E-state index contributed by atoms with van der Waals surface area (Å²) in [6.07, 6.45) is 0. The molecule has 2 rings (SSSR count). The van der Waals surface area contributed by atoms with Crippen LogP contribution in [-0.2, 0) is 9.59 Å². The van der Waals surface area contributed by atoms with E-state index in [9.17, 15) is 14.7 Å². The van der Waals surface area contributed by atoms with Gasteiger partial charge in [-0.2, -0.15) is 0 Å². The number of benzene rings is 2. The molecule has 108 valence electrons. The minimum atomic E-state index is -0.744. The molecule has 2 N–H and O–H groups in total. The highest BCUT2D eigenvalue weighted by molar-refractivity contribution is 6.44. The summed E-state index contributed by atoms with van der Waals surface area (Å²) < 4.78 is 0. The Balaban J connectivity index is 2.13. The standard InChI is InChI=1S/C16H16N2O3/c1-2-18(13-8-4-3-5-9-13)16(21)15(20)17-12-7-6-10-14(19)11-12/h3-11,19H,2H2,1H3,(H,17,20). The minimum Gasteiger partial charge on any atom is -0.508 e. The van der Waals surface area contributed by atoms with Crippen LogP contribution in [0.4, 0.5) is 11.4 Å². The van der Waals surface area contributed by atoms with E-state index < -0.39 is 11.8 Å². The van der Waals surface area contributed by atoms with E-state index in [2.05, 4.69) is 5.32 Å². The zero-order chi connectivity index (χ0) is 15.2. The van der Waals surface area contributed by atoms with E-state index in [0.717, 1.165) is 0 Å². The third-order valence-corrected chi connectivity index (χ3v) is 2.93. The molecule has 0 aromatic heterocycles. The molecule has 0 aliphatic rings. The first kappa shape index (κ1) is 14.6. The number of aromatic hydroxyl groups is 1. The molecule has 21 heavy (non-hydrogen) atoms. The van der Waals surface area contributed by atoms with Crippen LogP contribution < -0.4 is 10.2 Å². The Bertz CT molecular complexity index is 641. The van der Waals surface area contributed by atoms with E-state index in [1.165, 1.54) is 17.0 Å². The second-order valence-electron chi connectivity index (χ2n) is 4.39. The molecule has 0 aliphatic heterocycles. The molecule has 0 spiro atoms. The first-order valence-electron chi connectivity index (χ1n) is 6.58. The van der Waals surface area contributed by atoms with Crippen molar-refractivity contribution in [2.24, 2.45) is 0 Å². The van der Waals surface area contributed by atoms with Crippen LogP contribution in [0.2, 0.25) is 0 Å². The van der Waals surface area contributed by atoms with Gasteiger partial charge in [-0.15, -0.1) is 0 Å². The first-order chi connectivity index (χ1) is 10.1. The number of carbonyl (C=O) groups is 2. The molecule has 0 unspecified atom stereocenters. The van der Waals surface area contributed by atoms with Gasteiger partial charge in [0.15, 0.2) is 0 Å². The van der Waals surface area contributed by atoms with Crippen molar-refractivity contribution in [2.75, 3.05) is 16.8 Å². The highest BCUT2D eigenvalue weighted by atomic mass is 16.3. The average Bonchev–Trinajstić information content (AvgIpc) is 2.49. The zero-order valence-electron chi connectivity index (χ0n) is 11.6. The van der Waals surface area contributed by atoms with E-state index in [4.69, 9.17) is 0 Å². The lowest BCUT2D eigenvalue weighted by Crippen LogP contribution is -2.39. The molecule has 0 fully saturated rings. The van der Waals surface area contributed by atoms with Gasteiger partial charge in [-0.1, -0.05) is 24.3 Å². The lowest BCUT2D eigenvalue weighted by Gasteiger charge is -2.20. The number of likely N-dealkylation sites (N-methyl/N-ethyl adjacent to an activating group) is 1. The van der Waals surface area contributed by atoms with Gasteiger partial charge < -0.3 is 15.3 Å². The Morgan fingerprint density at radius 1 is 1.10 bits per heavy atom. The summed E-state index contributed by atoms with van der Waals surface area (Å²) in [5, 5.41) is 11.8. The van der Waals surface area contributed by atoms with E-state index >= 15 is 0 Å². The second-order valence-corrected chi connectivity index (χ2v) is 4.39. The number of anilines is 2. The summed E-state index contributed by atoms with van der Waals surface area (Å²) in [6, 6.07) is 15.0. The van der Waals surface area contributed by atoms with Crippen LogP contribution in [0.15, 0.2) is 54.6 Å². The molecule has 0 saturated carbocycles. The smallest absolute Gasteiger partial charge is 0.316 e. The number of phenolic OH excluding ortho intramolecular Hbond substituents is 1. The molecule has 5 nitrogen and oxygen atoms in total. The number of para-hydroxylation sites is 1. The number of nitrogens with zero attached hydrogens (tertiary/aromatic N) is 1. The van der Waals surface area contributed by atoms with E-state index in [1.807, 2.05) is 6.07 Å². The molecule has 0 aliphatic carbocycles. The van der Waals surface area contributed by atoms with Crippen LogP contribution in [0.3, 0.4) is 0 Å². The molecular formula is C16H16N2O3. The van der Waals surface area contributed by atoms with Crippen LogP contribution in [0.5, 0.6) is 5.75 Å². The molecule has 0 atom stereocenters. The van der Waals surface area contributed by atoms with Gasteiger partial charge in [-0.25, -0.2) is 0 Å². The van der Waals surface area contributed by atoms with Crippen LogP contribution in [0.1, 0.15) is 6.92 Å². The van der Waals surface area contributed by atoms with Crippen LogP contribution >= 0.6 is 0 Å². The quantitative estimate of drug-likeness (QED) is 0.850. The minimum absolute atomic E-state index is 0.0238. The normalized spacial score (nSPS) is 9.95. The van der Waals surface area contributed by atoms with Crippen molar-refractivity contribution in [3.63, 3.8) is 0 Å². The Hall–Kier alpha value is -2.82. The maximum atomic E-state index is 12.2. The van der Waals surface area contributed by atoms with Crippen molar-refractivity contribution < 1.29 is 14.7 Å². The number of carbonyl (C=O) groups excluding carboxylic acids is 2. The number of amides is 2. The Labute approximate surface area is 122 Å². The number of rotatable bonds is 3. The SMILES string of the molecule is CCN(C(=O)C(=O)Nc1cccc(O)c1)c1ccccc1. The maximum Gasteiger partial charge on any atom is 0.316 e. The summed E-state index contributed by atoms with van der Waals surface area (Å²) in [5.74, 6) is -1.37. The average molecular weight is 284 g/mol. The second kappa shape index (κ2) is 6.56. The molecule has 0 radical (unpaired) electrons. The molecule has 2 amide bonds. The van der Waals surface area contributed by atoms with Crippen molar-refractivity contribution in [1.82, 2.24) is 0 Å².